The van der Waals surface area contributed by atoms with Crippen LogP contribution in [0.4, 0.5) is 0 Å². The fourth-order valence-corrected chi connectivity index (χ4v) is 1.33. The topological polar surface area (TPSA) is 90.7 Å². The molecule has 1 aromatic carbocycles. The van der Waals surface area contributed by atoms with Crippen LogP contribution in [0.15, 0.2) is 35.5 Å². The van der Waals surface area contributed by atoms with E-state index in [0.29, 0.717) is 5.71 Å². The molecule has 0 atom stereocenters. The van der Waals surface area contributed by atoms with Gasteiger partial charge in [0.2, 0.25) is 0 Å². The first kappa shape index (κ1) is 12.2. The smallest absolute Gasteiger partial charge is 0.311 e. The van der Waals surface area contributed by atoms with Crippen molar-refractivity contribution >= 4 is 25.0 Å². The second-order valence-corrected chi connectivity index (χ2v) is 4.49. The van der Waals surface area contributed by atoms with Gasteiger partial charge in [0, 0.05) is 5.56 Å². The minimum atomic E-state index is -3.60. The summed E-state index contributed by atoms with van der Waals surface area (Å²) in [5.74, 6) is 0.115. The van der Waals surface area contributed by atoms with E-state index in [1.54, 1.807) is 12.1 Å². The summed E-state index contributed by atoms with van der Waals surface area (Å²) in [6.45, 7) is 0. The Balaban J connectivity index is 2.85. The lowest BCUT2D eigenvalue weighted by molar-refractivity contribution is 0.335. The Morgan fingerprint density at radius 3 is 2.47 bits per heavy atom. The molecule has 0 radical (unpaired) electrons. The molecule has 0 bridgehead atoms. The second-order valence-electron chi connectivity index (χ2n) is 2.76. The quantitative estimate of drug-likeness (QED) is 0.366. The lowest BCUT2D eigenvalue weighted by Gasteiger charge is -2.05. The zero-order valence-corrected chi connectivity index (χ0v) is 9.49. The Kier molecular flexibility index (Phi) is 4.29. The molecule has 0 aliphatic rings. The number of halogens is 1. The summed E-state index contributed by atoms with van der Waals surface area (Å²) in [6, 6.07) is 9.09. The minimum Gasteiger partial charge on any atom is -0.311 e. The molecule has 1 rings (SSSR count). The van der Waals surface area contributed by atoms with Gasteiger partial charge in [0.15, 0.2) is 0 Å². The highest BCUT2D eigenvalue weighted by Crippen LogP contribution is 2.26. The normalized spacial score (nSPS) is 12.6. The van der Waals surface area contributed by atoms with Crippen LogP contribution in [-0.4, -0.2) is 11.6 Å². The van der Waals surface area contributed by atoms with Gasteiger partial charge >= 0.3 is 7.67 Å². The van der Waals surface area contributed by atoms with E-state index in [1.165, 1.54) is 0 Å². The summed E-state index contributed by atoms with van der Waals surface area (Å²) >= 11 is 5.65. The monoisotopic (exact) mass is 247 g/mol. The Bertz CT molecular complexity index is 390. The van der Waals surface area contributed by atoms with E-state index < -0.39 is 7.67 Å². The number of oxime groups is 1. The predicted molar refractivity (Wildman–Crippen MR) is 60.8 cm³/mol. The molecule has 0 saturated carbocycles. The van der Waals surface area contributed by atoms with Gasteiger partial charge in [-0.3, -0.25) is 0 Å². The van der Waals surface area contributed by atoms with E-state index in [2.05, 4.69) is 9.78 Å². The number of benzene rings is 1. The molecule has 0 aromatic heterocycles. The molecule has 7 heteroatoms. The third-order valence-electron chi connectivity index (χ3n) is 1.51. The van der Waals surface area contributed by atoms with Crippen molar-refractivity contribution in [3.05, 3.63) is 35.9 Å². The van der Waals surface area contributed by atoms with E-state index in [0.717, 1.165) is 5.56 Å². The van der Waals surface area contributed by atoms with Crippen LogP contribution in [0, 0.1) is 0 Å². The molecule has 0 fully saturated rings. The molecule has 15 heavy (non-hydrogen) atoms. The lowest BCUT2D eigenvalue weighted by atomic mass is 10.1. The number of rotatable bonds is 4. The fraction of sp³-hybridized carbons (Fsp3) is 0.125. The maximum Gasteiger partial charge on any atom is 0.405 e. The lowest BCUT2D eigenvalue weighted by Crippen LogP contribution is -2.09. The summed E-state index contributed by atoms with van der Waals surface area (Å²) in [4.78, 5) is 0. The van der Waals surface area contributed by atoms with Crippen LogP contribution in [-0.2, 0) is 9.19 Å². The van der Waals surface area contributed by atoms with E-state index in [4.69, 9.17) is 22.6 Å². The molecule has 0 heterocycles. The van der Waals surface area contributed by atoms with Gasteiger partial charge < -0.3 is 4.62 Å². The second kappa shape index (κ2) is 5.28. The molecule has 4 N–H and O–H groups in total. The first-order valence-corrected chi connectivity index (χ1v) is 6.37. The minimum absolute atomic E-state index is 0.115. The van der Waals surface area contributed by atoms with Crippen molar-refractivity contribution in [2.75, 3.05) is 5.88 Å². The van der Waals surface area contributed by atoms with Gasteiger partial charge in [-0.25, -0.2) is 15.6 Å². The zero-order chi connectivity index (χ0) is 11.3. The SMILES string of the molecule is NP(N)(=O)O/N=C(\CCl)c1ccccc1. The van der Waals surface area contributed by atoms with Crippen molar-refractivity contribution in [1.82, 2.24) is 0 Å². The number of nitrogens with zero attached hydrogens (tertiary/aromatic N) is 1. The summed E-state index contributed by atoms with van der Waals surface area (Å²) < 4.78 is 15.3. The van der Waals surface area contributed by atoms with Crippen molar-refractivity contribution < 1.29 is 9.19 Å². The average molecular weight is 248 g/mol. The van der Waals surface area contributed by atoms with Crippen LogP contribution >= 0.6 is 19.3 Å². The van der Waals surface area contributed by atoms with Gasteiger partial charge in [0.25, 0.3) is 0 Å². The average Bonchev–Trinajstić information content (AvgIpc) is 2.19. The highest BCUT2D eigenvalue weighted by molar-refractivity contribution is 7.53. The van der Waals surface area contributed by atoms with Gasteiger partial charge in [-0.05, 0) is 0 Å². The van der Waals surface area contributed by atoms with Crippen LogP contribution in [0.1, 0.15) is 5.56 Å². The molecule has 82 valence electrons. The molecule has 0 aliphatic heterocycles. The molecule has 0 spiro atoms. The van der Waals surface area contributed by atoms with Crippen LogP contribution in [0.2, 0.25) is 0 Å². The van der Waals surface area contributed by atoms with Crippen molar-refractivity contribution in [3.63, 3.8) is 0 Å². The number of hydrogen-bond acceptors (Lipinski definition) is 3. The predicted octanol–water partition coefficient (Wildman–Crippen LogP) is 1.67. The van der Waals surface area contributed by atoms with E-state index in [1.807, 2.05) is 18.2 Å². The van der Waals surface area contributed by atoms with E-state index >= 15 is 0 Å². The van der Waals surface area contributed by atoms with Gasteiger partial charge in [0.1, 0.15) is 5.71 Å². The number of nitrogens with two attached hydrogens (primary N) is 2. The summed E-state index contributed by atoms with van der Waals surface area (Å²) in [5.41, 5.74) is 11.1. The Hall–Kier alpha value is -0.870. The van der Waals surface area contributed by atoms with Crippen LogP contribution in [0.25, 0.3) is 0 Å². The molecule has 1 aromatic rings. The largest absolute Gasteiger partial charge is 0.405 e. The fourth-order valence-electron chi connectivity index (χ4n) is 0.898. The van der Waals surface area contributed by atoms with Gasteiger partial charge in [0.05, 0.1) is 5.88 Å². The summed E-state index contributed by atoms with van der Waals surface area (Å²) in [5, 5.41) is 3.56. The molecule has 0 amide bonds. The maximum absolute atomic E-state index is 10.8. The number of alkyl halides is 1. The van der Waals surface area contributed by atoms with Gasteiger partial charge in [-0.15, -0.1) is 11.6 Å². The van der Waals surface area contributed by atoms with E-state index in [-0.39, 0.29) is 5.88 Å². The van der Waals surface area contributed by atoms with E-state index in [9.17, 15) is 4.57 Å². The summed E-state index contributed by atoms with van der Waals surface area (Å²) in [7, 11) is -3.60. The third kappa shape index (κ3) is 4.44. The Labute approximate surface area is 92.6 Å². The maximum atomic E-state index is 10.8. The van der Waals surface area contributed by atoms with Gasteiger partial charge in [-0.2, -0.15) is 0 Å². The molecule has 0 aliphatic carbocycles. The molecule has 5 nitrogen and oxygen atoms in total. The van der Waals surface area contributed by atoms with Crippen molar-refractivity contribution in [1.29, 1.82) is 0 Å². The van der Waals surface area contributed by atoms with Crippen molar-refractivity contribution in [2.24, 2.45) is 16.2 Å². The van der Waals surface area contributed by atoms with Crippen LogP contribution in [0.3, 0.4) is 0 Å². The zero-order valence-electron chi connectivity index (χ0n) is 7.84. The Morgan fingerprint density at radius 1 is 1.40 bits per heavy atom. The third-order valence-corrected chi connectivity index (χ3v) is 2.10. The van der Waals surface area contributed by atoms with Crippen LogP contribution < -0.4 is 11.0 Å². The first-order chi connectivity index (χ1) is 7.03. The highest BCUT2D eigenvalue weighted by atomic mass is 35.5. The van der Waals surface area contributed by atoms with Crippen LogP contribution in [0.5, 0.6) is 0 Å². The van der Waals surface area contributed by atoms with Crippen molar-refractivity contribution in [2.45, 2.75) is 0 Å². The molecular formula is C8H11ClN3O2P. The molecular weight excluding hydrogens is 237 g/mol. The van der Waals surface area contributed by atoms with Gasteiger partial charge in [-0.1, -0.05) is 35.5 Å². The highest BCUT2D eigenvalue weighted by Gasteiger charge is 2.10. The number of hydrogen-bond donors (Lipinski definition) is 2. The van der Waals surface area contributed by atoms with Crippen molar-refractivity contribution in [3.8, 4) is 0 Å². The molecule has 0 saturated heterocycles. The first-order valence-electron chi connectivity index (χ1n) is 4.07. The summed E-state index contributed by atoms with van der Waals surface area (Å²) in [6.07, 6.45) is 0. The Morgan fingerprint density at radius 2 is 2.00 bits per heavy atom. The standard InChI is InChI=1S/C8H11ClN3O2P/c9-6-8(12-14-15(10,11)13)7-4-2-1-3-5-7/h1-5H,6H2,(H4,10,11,13)/b12-8+. The molecule has 0 unspecified atom stereocenters.